The van der Waals surface area contributed by atoms with Gasteiger partial charge in [-0.15, -0.1) is 10.2 Å². The molecular weight excluding hydrogens is 382 g/mol. The number of benzene rings is 1. The number of aromatic nitrogens is 3. The van der Waals surface area contributed by atoms with E-state index in [9.17, 15) is 9.59 Å². The van der Waals surface area contributed by atoms with Gasteiger partial charge in [0.15, 0.2) is 11.5 Å². The molecule has 1 atom stereocenters. The normalized spacial score (nSPS) is 15.8. The van der Waals surface area contributed by atoms with Gasteiger partial charge in [0.05, 0.1) is 0 Å². The second kappa shape index (κ2) is 9.34. The van der Waals surface area contributed by atoms with E-state index in [2.05, 4.69) is 46.2 Å². The van der Waals surface area contributed by atoms with Crippen molar-refractivity contribution in [3.05, 3.63) is 48.2 Å². The van der Waals surface area contributed by atoms with Crippen molar-refractivity contribution < 1.29 is 9.59 Å². The molecule has 158 valence electrons. The van der Waals surface area contributed by atoms with Gasteiger partial charge in [-0.05, 0) is 42.5 Å². The van der Waals surface area contributed by atoms with Crippen LogP contribution in [0.25, 0.3) is 0 Å². The van der Waals surface area contributed by atoms with Crippen molar-refractivity contribution in [1.29, 1.82) is 0 Å². The number of carbonyl (C=O) groups is 2. The molecule has 0 aliphatic carbocycles. The van der Waals surface area contributed by atoms with Gasteiger partial charge in [0, 0.05) is 24.8 Å². The Morgan fingerprint density at radius 3 is 2.67 bits per heavy atom. The highest BCUT2D eigenvalue weighted by Gasteiger charge is 2.28. The molecule has 1 saturated heterocycles. The van der Waals surface area contributed by atoms with Crippen LogP contribution in [0.15, 0.2) is 36.9 Å². The van der Waals surface area contributed by atoms with Crippen molar-refractivity contribution >= 4 is 29.3 Å². The highest BCUT2D eigenvalue weighted by Crippen LogP contribution is 2.25. The molecule has 0 bridgehead atoms. The van der Waals surface area contributed by atoms with E-state index in [-0.39, 0.29) is 23.5 Å². The molecule has 4 N–H and O–H groups in total. The first-order valence-corrected chi connectivity index (χ1v) is 9.97. The third-order valence-corrected chi connectivity index (χ3v) is 5.08. The Balaban J connectivity index is 1.84. The van der Waals surface area contributed by atoms with Gasteiger partial charge in [-0.3, -0.25) is 9.59 Å². The van der Waals surface area contributed by atoms with Crippen LogP contribution in [0.1, 0.15) is 48.7 Å². The predicted molar refractivity (Wildman–Crippen MR) is 116 cm³/mol. The predicted octanol–water partition coefficient (Wildman–Crippen LogP) is 2.11. The Kier molecular flexibility index (Phi) is 6.61. The minimum Gasteiger partial charge on any atom is -0.364 e. The fourth-order valence-corrected chi connectivity index (χ4v) is 3.38. The van der Waals surface area contributed by atoms with E-state index in [1.165, 1.54) is 11.6 Å². The molecular formula is C21H27N7O2. The molecule has 2 heterocycles. The molecule has 1 aliphatic rings. The summed E-state index contributed by atoms with van der Waals surface area (Å²) in [5, 5.41) is 14.1. The second-order valence-corrected chi connectivity index (χ2v) is 7.51. The summed E-state index contributed by atoms with van der Waals surface area (Å²) in [5.41, 5.74) is 7.42. The Labute approximate surface area is 175 Å². The molecule has 2 amide bonds. The lowest BCUT2D eigenvalue weighted by atomic mass is 10.0. The molecule has 30 heavy (non-hydrogen) atoms. The third kappa shape index (κ3) is 4.91. The fourth-order valence-electron chi connectivity index (χ4n) is 3.38. The number of rotatable bonds is 8. The number of primary amides is 1. The van der Waals surface area contributed by atoms with Gasteiger partial charge in [0.2, 0.25) is 11.9 Å². The Morgan fingerprint density at radius 2 is 2.03 bits per heavy atom. The van der Waals surface area contributed by atoms with Gasteiger partial charge in [0.1, 0.15) is 0 Å². The number of anilines is 3. The van der Waals surface area contributed by atoms with E-state index in [4.69, 9.17) is 5.73 Å². The van der Waals surface area contributed by atoms with E-state index in [1.807, 2.05) is 29.2 Å². The molecule has 1 aromatic heterocycles. The molecule has 0 saturated carbocycles. The van der Waals surface area contributed by atoms with Crippen LogP contribution < -0.4 is 21.3 Å². The molecule has 1 unspecified atom stereocenters. The molecule has 1 aliphatic heterocycles. The van der Waals surface area contributed by atoms with Gasteiger partial charge >= 0.3 is 0 Å². The maximum Gasteiger partial charge on any atom is 0.273 e. The van der Waals surface area contributed by atoms with Crippen LogP contribution in [0.5, 0.6) is 0 Å². The molecule has 1 fully saturated rings. The number of nitrogens with one attached hydrogen (secondary N) is 2. The lowest BCUT2D eigenvalue weighted by Crippen LogP contribution is -2.40. The molecule has 3 rings (SSSR count). The largest absolute Gasteiger partial charge is 0.364 e. The van der Waals surface area contributed by atoms with E-state index in [0.717, 1.165) is 25.1 Å². The van der Waals surface area contributed by atoms with E-state index >= 15 is 0 Å². The maximum absolute atomic E-state index is 11.8. The van der Waals surface area contributed by atoms with Crippen LogP contribution in [0.3, 0.4) is 0 Å². The Bertz CT molecular complexity index is 927. The first-order valence-electron chi connectivity index (χ1n) is 9.97. The smallest absolute Gasteiger partial charge is 0.273 e. The first-order chi connectivity index (χ1) is 14.4. The van der Waals surface area contributed by atoms with Gasteiger partial charge in [-0.2, -0.15) is 4.98 Å². The summed E-state index contributed by atoms with van der Waals surface area (Å²) in [6.45, 7) is 8.89. The minimum absolute atomic E-state index is 0.0256. The summed E-state index contributed by atoms with van der Waals surface area (Å²) < 4.78 is 0. The third-order valence-electron chi connectivity index (χ3n) is 5.08. The summed E-state index contributed by atoms with van der Waals surface area (Å²) in [6, 6.07) is 7.92. The highest BCUT2D eigenvalue weighted by atomic mass is 16.1. The van der Waals surface area contributed by atoms with Gasteiger partial charge in [-0.1, -0.05) is 32.6 Å². The average molecular weight is 409 g/mol. The van der Waals surface area contributed by atoms with Crippen LogP contribution in [-0.4, -0.2) is 46.1 Å². The lowest BCUT2D eigenvalue weighted by molar-refractivity contribution is -0.116. The van der Waals surface area contributed by atoms with Crippen molar-refractivity contribution in [1.82, 2.24) is 20.5 Å². The number of hydrogen-bond donors (Lipinski definition) is 3. The quantitative estimate of drug-likeness (QED) is 0.570. The van der Waals surface area contributed by atoms with Crippen LogP contribution in [0.2, 0.25) is 0 Å². The number of nitrogens with two attached hydrogens (primary N) is 1. The van der Waals surface area contributed by atoms with Crippen molar-refractivity contribution in [3.8, 4) is 0 Å². The average Bonchev–Trinajstić information content (AvgIpc) is 3.20. The van der Waals surface area contributed by atoms with Crippen molar-refractivity contribution in [2.75, 3.05) is 23.3 Å². The molecule has 9 nitrogen and oxygen atoms in total. The van der Waals surface area contributed by atoms with Gasteiger partial charge in [-0.25, -0.2) is 0 Å². The summed E-state index contributed by atoms with van der Waals surface area (Å²) in [4.78, 5) is 29.8. The summed E-state index contributed by atoms with van der Waals surface area (Å²) in [6.07, 6.45) is 3.07. The van der Waals surface area contributed by atoms with Crippen LogP contribution in [-0.2, 0) is 4.79 Å². The van der Waals surface area contributed by atoms with Crippen molar-refractivity contribution in [2.24, 2.45) is 5.73 Å². The Morgan fingerprint density at radius 1 is 1.30 bits per heavy atom. The lowest BCUT2D eigenvalue weighted by Gasteiger charge is -2.25. The summed E-state index contributed by atoms with van der Waals surface area (Å²) in [5.74, 6) is 0.125. The zero-order valence-corrected chi connectivity index (χ0v) is 17.3. The Hall–Kier alpha value is -3.49. The van der Waals surface area contributed by atoms with Crippen molar-refractivity contribution in [2.45, 2.75) is 38.6 Å². The van der Waals surface area contributed by atoms with Gasteiger partial charge in [0.25, 0.3) is 5.91 Å². The monoisotopic (exact) mass is 409 g/mol. The van der Waals surface area contributed by atoms with Crippen LogP contribution in [0.4, 0.5) is 17.5 Å². The van der Waals surface area contributed by atoms with Gasteiger partial charge < -0.3 is 21.3 Å². The van der Waals surface area contributed by atoms with Crippen molar-refractivity contribution in [3.63, 3.8) is 0 Å². The number of carbonyl (C=O) groups excluding carboxylic acids is 2. The molecule has 2 aromatic rings. The number of nitrogens with zero attached hydrogens (tertiary/aromatic N) is 4. The highest BCUT2D eigenvalue weighted by molar-refractivity contribution is 5.96. The standard InChI is InChI=1S/C21H27N7O2/c1-4-17(29)23-12-16-6-5-11-28(16)21-25-20(18(19(22)30)26-27-21)24-15-9-7-14(8-10-15)13(2)3/h4,7-10,13,16H,1,5-6,11-12H2,2-3H3,(H2,22,30)(H,23,29)(H,24,25,27). The maximum atomic E-state index is 11.8. The van der Waals surface area contributed by atoms with Crippen LogP contribution >= 0.6 is 0 Å². The second-order valence-electron chi connectivity index (χ2n) is 7.51. The van der Waals surface area contributed by atoms with E-state index in [1.54, 1.807) is 0 Å². The number of hydrogen-bond acceptors (Lipinski definition) is 7. The molecule has 0 radical (unpaired) electrons. The topological polar surface area (TPSA) is 126 Å². The summed E-state index contributed by atoms with van der Waals surface area (Å²) in [7, 11) is 0. The zero-order chi connectivity index (χ0) is 21.7. The van der Waals surface area contributed by atoms with E-state index in [0.29, 0.717) is 18.4 Å². The minimum atomic E-state index is -0.709. The molecule has 1 aromatic carbocycles. The number of amides is 2. The molecule has 0 spiro atoms. The van der Waals surface area contributed by atoms with Crippen LogP contribution in [0, 0.1) is 0 Å². The summed E-state index contributed by atoms with van der Waals surface area (Å²) >= 11 is 0. The SMILES string of the molecule is C=CC(=O)NCC1CCCN1c1nnc(C(N)=O)c(Nc2ccc(C(C)C)cc2)n1. The fraction of sp³-hybridized carbons (Fsp3) is 0.381. The zero-order valence-electron chi connectivity index (χ0n) is 17.3. The first kappa shape index (κ1) is 21.2. The molecule has 9 heteroatoms. The van der Waals surface area contributed by atoms with E-state index < -0.39 is 5.91 Å².